The summed E-state index contributed by atoms with van der Waals surface area (Å²) in [4.78, 5) is 12.3. The van der Waals surface area contributed by atoms with Crippen LogP contribution in [-0.2, 0) is 6.54 Å². The summed E-state index contributed by atoms with van der Waals surface area (Å²) in [6.07, 6.45) is 5.43. The molecule has 3 rings (SSSR count). The van der Waals surface area contributed by atoms with Crippen LogP contribution in [0.1, 0.15) is 5.01 Å². The summed E-state index contributed by atoms with van der Waals surface area (Å²) >= 11 is 5.97. The molecule has 0 fully saturated rings. The quantitative estimate of drug-likeness (QED) is 0.255. The molecular weight excluding hydrogens is 465 g/mol. The van der Waals surface area contributed by atoms with Gasteiger partial charge in [0.2, 0.25) is 10.2 Å². The molecule has 0 aliphatic carbocycles. The lowest BCUT2D eigenvalue weighted by Crippen LogP contribution is -3.00. The Bertz CT molecular complexity index is 935. The van der Waals surface area contributed by atoms with Gasteiger partial charge < -0.3 is 29.3 Å². The topological polar surface area (TPSA) is 37.3 Å². The summed E-state index contributed by atoms with van der Waals surface area (Å²) in [6, 6.07) is 14.7. The minimum absolute atomic E-state index is 0. The summed E-state index contributed by atoms with van der Waals surface area (Å²) in [6.45, 7) is 2.56. The number of anilines is 2. The van der Waals surface area contributed by atoms with E-state index in [4.69, 9.17) is 6.42 Å². The highest BCUT2D eigenvalue weighted by Gasteiger charge is 2.20. The van der Waals surface area contributed by atoms with E-state index in [1.807, 2.05) is 55.5 Å². The SMILES string of the molecule is C#CCn1c2ccc(N(S)C(=O)Nc3ccccc3)cc2s[c+]1C.[I-]. The molecule has 3 aromatic rings. The number of amides is 2. The maximum atomic E-state index is 12.3. The Balaban J connectivity index is 0.00000225. The summed E-state index contributed by atoms with van der Waals surface area (Å²) in [5, 5.41) is 3.93. The maximum absolute atomic E-state index is 12.3. The molecule has 0 saturated carbocycles. The molecule has 1 N–H and O–H groups in total. The van der Waals surface area contributed by atoms with E-state index in [0.29, 0.717) is 12.2 Å². The molecule has 0 unspecified atom stereocenters. The van der Waals surface area contributed by atoms with E-state index in [1.54, 1.807) is 11.3 Å². The van der Waals surface area contributed by atoms with Crippen molar-refractivity contribution in [3.8, 4) is 12.3 Å². The van der Waals surface area contributed by atoms with Crippen molar-refractivity contribution in [2.45, 2.75) is 13.5 Å². The second kappa shape index (κ2) is 8.56. The van der Waals surface area contributed by atoms with Crippen molar-refractivity contribution in [1.82, 2.24) is 4.57 Å². The molecule has 0 aliphatic heterocycles. The number of carbonyl (C=O) groups is 1. The summed E-state index contributed by atoms with van der Waals surface area (Å²) in [5.74, 6) is 2.67. The van der Waals surface area contributed by atoms with Gasteiger partial charge in [0.25, 0.3) is 0 Å². The number of hydrogen-bond donors (Lipinski definition) is 2. The van der Waals surface area contributed by atoms with Crippen molar-refractivity contribution in [3.05, 3.63) is 53.5 Å². The van der Waals surface area contributed by atoms with E-state index in [2.05, 4.69) is 28.6 Å². The normalized spacial score (nSPS) is 9.96. The van der Waals surface area contributed by atoms with Crippen molar-refractivity contribution >= 4 is 51.8 Å². The van der Waals surface area contributed by atoms with E-state index in [1.165, 1.54) is 4.31 Å². The standard InChI is InChI=1S/C18H15N3OS2.HI/c1-3-11-20-13(2)24-17-12-15(9-10-16(17)20)21(23)18(22)19-14-7-5-4-6-8-14;/h1,4-10,12,23H,11H2,2H3;1H. The lowest BCUT2D eigenvalue weighted by atomic mass is 10.3. The number of nitrogens with one attached hydrogen (secondary N) is 1. The van der Waals surface area contributed by atoms with Crippen LogP contribution in [0.3, 0.4) is 0 Å². The Hall–Kier alpha value is -1.76. The number of benzene rings is 2. The van der Waals surface area contributed by atoms with Gasteiger partial charge in [-0.3, -0.25) is 0 Å². The third-order valence-electron chi connectivity index (χ3n) is 3.58. The number of aromatic nitrogens is 1. The first-order valence-electron chi connectivity index (χ1n) is 7.31. The Kier molecular flexibility index (Phi) is 6.70. The summed E-state index contributed by atoms with van der Waals surface area (Å²) in [5.41, 5.74) is 2.49. The molecule has 0 saturated heterocycles. The molecule has 0 radical (unpaired) electrons. The van der Waals surface area contributed by atoms with Crippen LogP contribution in [0.2, 0.25) is 0 Å². The fourth-order valence-corrected chi connectivity index (χ4v) is 3.65. The minimum Gasteiger partial charge on any atom is -1.00 e. The number of thiazole rings is 1. The van der Waals surface area contributed by atoms with Gasteiger partial charge >= 0.3 is 6.03 Å². The van der Waals surface area contributed by atoms with Gasteiger partial charge in [0, 0.05) is 30.0 Å². The number of nitrogens with zero attached hydrogens (tertiary/aromatic N) is 2. The number of aryl methyl sites for hydroxylation is 1. The van der Waals surface area contributed by atoms with E-state index < -0.39 is 0 Å². The van der Waals surface area contributed by atoms with Gasteiger partial charge in [-0.25, -0.2) is 13.7 Å². The molecule has 7 heteroatoms. The predicted molar refractivity (Wildman–Crippen MR) is 105 cm³/mol. The number of hydrogen-bond acceptors (Lipinski definition) is 3. The third kappa shape index (κ3) is 4.26. The maximum Gasteiger partial charge on any atom is 0.336 e. The summed E-state index contributed by atoms with van der Waals surface area (Å²) < 4.78 is 4.44. The van der Waals surface area contributed by atoms with Crippen molar-refractivity contribution < 1.29 is 28.8 Å². The van der Waals surface area contributed by atoms with Crippen molar-refractivity contribution in [2.24, 2.45) is 0 Å². The Morgan fingerprint density at radius 1 is 1.36 bits per heavy atom. The van der Waals surface area contributed by atoms with Crippen LogP contribution >= 0.6 is 24.2 Å². The number of halogens is 1. The van der Waals surface area contributed by atoms with E-state index in [-0.39, 0.29) is 30.0 Å². The predicted octanol–water partition coefficient (Wildman–Crippen LogP) is 1.81. The van der Waals surface area contributed by atoms with Gasteiger partial charge in [0.15, 0.2) is 5.01 Å². The van der Waals surface area contributed by atoms with E-state index in [9.17, 15) is 4.79 Å². The van der Waals surface area contributed by atoms with Crippen molar-refractivity contribution in [3.63, 3.8) is 0 Å². The molecule has 25 heavy (non-hydrogen) atoms. The van der Waals surface area contributed by atoms with Gasteiger partial charge in [-0.2, -0.15) is 0 Å². The highest BCUT2D eigenvalue weighted by molar-refractivity contribution is 7.82. The first kappa shape index (κ1) is 19.6. The summed E-state index contributed by atoms with van der Waals surface area (Å²) in [7, 11) is 0. The number of rotatable bonds is 3. The average molecular weight is 481 g/mol. The fraction of sp³-hybridized carbons (Fsp3) is 0.111. The first-order chi connectivity index (χ1) is 11.6. The van der Waals surface area contributed by atoms with Gasteiger partial charge in [0.1, 0.15) is 6.54 Å². The number of fused-ring (bicyclic) bond motifs is 1. The third-order valence-corrected chi connectivity index (χ3v) is 5.06. The molecular formula is C18H16IN3OS2. The second-order valence-corrected chi connectivity index (χ2v) is 6.81. The lowest BCUT2D eigenvalue weighted by molar-refractivity contribution is -0.00000753. The zero-order valence-corrected chi connectivity index (χ0v) is 17.3. The van der Waals surface area contributed by atoms with Gasteiger partial charge in [-0.05, 0) is 18.2 Å². The molecule has 0 bridgehead atoms. The zero-order valence-electron chi connectivity index (χ0n) is 13.4. The van der Waals surface area contributed by atoms with Crippen LogP contribution in [-0.4, -0.2) is 10.6 Å². The van der Waals surface area contributed by atoms with Crippen LogP contribution in [0.25, 0.3) is 10.2 Å². The van der Waals surface area contributed by atoms with Crippen LogP contribution in [0.15, 0.2) is 48.5 Å². The van der Waals surface area contributed by atoms with Crippen LogP contribution in [0.5, 0.6) is 0 Å². The zero-order chi connectivity index (χ0) is 17.1. The van der Waals surface area contributed by atoms with E-state index >= 15 is 0 Å². The second-order valence-electron chi connectivity index (χ2n) is 5.17. The number of urea groups is 1. The average Bonchev–Trinajstić information content (AvgIpc) is 2.90. The fourth-order valence-electron chi connectivity index (χ4n) is 2.43. The van der Waals surface area contributed by atoms with Gasteiger partial charge in [-0.1, -0.05) is 36.9 Å². The van der Waals surface area contributed by atoms with Crippen LogP contribution < -0.4 is 33.6 Å². The van der Waals surface area contributed by atoms with Crippen molar-refractivity contribution in [2.75, 3.05) is 9.62 Å². The highest BCUT2D eigenvalue weighted by atomic mass is 127. The van der Waals surface area contributed by atoms with E-state index in [0.717, 1.165) is 20.9 Å². The molecule has 2 amide bonds. The lowest BCUT2D eigenvalue weighted by Gasteiger charge is -2.15. The van der Waals surface area contributed by atoms with Gasteiger partial charge in [-0.15, -0.1) is 6.42 Å². The highest BCUT2D eigenvalue weighted by Crippen LogP contribution is 2.30. The number of terminal acetylenes is 1. The first-order valence-corrected chi connectivity index (χ1v) is 8.53. The molecule has 2 aromatic carbocycles. The molecule has 0 atom stereocenters. The monoisotopic (exact) mass is 481 g/mol. The largest absolute Gasteiger partial charge is 1.00 e. The molecule has 1 aromatic heterocycles. The number of carbonyl (C=O) groups excluding carboxylic acids is 1. The molecule has 1 heterocycles. The van der Waals surface area contributed by atoms with Crippen LogP contribution in [0.4, 0.5) is 16.2 Å². The smallest absolute Gasteiger partial charge is 0.336 e. The Labute approximate surface area is 173 Å². The van der Waals surface area contributed by atoms with Gasteiger partial charge in [0.05, 0.1) is 11.8 Å². The molecule has 0 spiro atoms. The molecule has 128 valence electrons. The number of thiol groups is 1. The molecule has 0 aliphatic rings. The van der Waals surface area contributed by atoms with Crippen molar-refractivity contribution in [1.29, 1.82) is 0 Å². The number of para-hydroxylation sites is 1. The Morgan fingerprint density at radius 2 is 2.08 bits per heavy atom. The van der Waals surface area contributed by atoms with Crippen LogP contribution in [0, 0.1) is 19.3 Å². The Morgan fingerprint density at radius 3 is 2.76 bits per heavy atom. The molecule has 4 nitrogen and oxygen atoms in total. The minimum atomic E-state index is -0.311.